The number of nitrogens with zero attached hydrogens (tertiary/aromatic N) is 2. The molecule has 0 saturated carbocycles. The van der Waals surface area contributed by atoms with Gasteiger partial charge in [0.2, 0.25) is 11.8 Å². The molecule has 0 radical (unpaired) electrons. The van der Waals surface area contributed by atoms with Gasteiger partial charge in [-0.25, -0.2) is 8.42 Å². The number of morpholine rings is 1. The Hall–Kier alpha value is -1.72. The molecule has 30 heavy (non-hydrogen) atoms. The van der Waals surface area contributed by atoms with E-state index in [1.807, 2.05) is 0 Å². The molecule has 2 aromatic rings. The lowest BCUT2D eigenvalue weighted by Gasteiger charge is -2.32. The third-order valence-electron chi connectivity index (χ3n) is 5.41. The normalized spacial score (nSPS) is 21.4. The first kappa shape index (κ1) is 21.5. The van der Waals surface area contributed by atoms with Crippen molar-refractivity contribution in [2.75, 3.05) is 32.8 Å². The molecular weight excluding hydrogens is 450 g/mol. The van der Waals surface area contributed by atoms with Gasteiger partial charge >= 0.3 is 0 Å². The van der Waals surface area contributed by atoms with Gasteiger partial charge < -0.3 is 14.5 Å². The lowest BCUT2D eigenvalue weighted by molar-refractivity contribution is -0.146. The van der Waals surface area contributed by atoms with Gasteiger partial charge in [-0.05, 0) is 36.9 Å². The van der Waals surface area contributed by atoms with Crippen molar-refractivity contribution in [2.24, 2.45) is 0 Å². The molecule has 2 fully saturated rings. The quantitative estimate of drug-likeness (QED) is 0.715. The highest BCUT2D eigenvalue weighted by molar-refractivity contribution is 7.91. The largest absolute Gasteiger partial charge is 0.378 e. The fraction of sp³-hybridized carbons (Fsp3) is 0.474. The van der Waals surface area contributed by atoms with Crippen LogP contribution in [0.1, 0.15) is 13.3 Å². The number of halogens is 1. The number of fused-ring (bicyclic) bond motifs is 1. The summed E-state index contributed by atoms with van der Waals surface area (Å²) in [6, 6.07) is 5.21. The van der Waals surface area contributed by atoms with E-state index in [0.717, 1.165) is 21.4 Å². The van der Waals surface area contributed by atoms with Crippen molar-refractivity contribution in [3.8, 4) is 0 Å². The molecule has 2 aliphatic heterocycles. The maximum absolute atomic E-state index is 12.9. The Kier molecular flexibility index (Phi) is 6.04. The predicted octanol–water partition coefficient (Wildman–Crippen LogP) is 1.68. The summed E-state index contributed by atoms with van der Waals surface area (Å²) in [5.74, 6) is -0.520. The number of rotatable bonds is 5. The van der Waals surface area contributed by atoms with Gasteiger partial charge in [-0.2, -0.15) is 4.72 Å². The number of benzene rings is 1. The summed E-state index contributed by atoms with van der Waals surface area (Å²) in [7, 11) is -3.88. The molecular formula is C19H22ClN3O5S2. The maximum Gasteiger partial charge on any atom is 0.250 e. The third kappa shape index (κ3) is 4.19. The van der Waals surface area contributed by atoms with E-state index in [1.165, 1.54) is 4.90 Å². The fourth-order valence-electron chi connectivity index (χ4n) is 3.74. The molecule has 162 valence electrons. The molecule has 1 aromatic carbocycles. The van der Waals surface area contributed by atoms with Crippen LogP contribution in [0, 0.1) is 0 Å². The van der Waals surface area contributed by atoms with Crippen molar-refractivity contribution in [3.63, 3.8) is 0 Å². The third-order valence-corrected chi connectivity index (χ3v) is 8.69. The van der Waals surface area contributed by atoms with Crippen LogP contribution in [-0.2, 0) is 24.3 Å². The number of sulfonamides is 1. The Morgan fingerprint density at radius 3 is 2.73 bits per heavy atom. The fourth-order valence-corrected chi connectivity index (χ4v) is 6.65. The number of carbonyl (C=O) groups excluding carboxylic acids is 2. The van der Waals surface area contributed by atoms with Gasteiger partial charge in [0.25, 0.3) is 10.0 Å². The van der Waals surface area contributed by atoms with E-state index >= 15 is 0 Å². The van der Waals surface area contributed by atoms with Crippen LogP contribution in [0.5, 0.6) is 0 Å². The van der Waals surface area contributed by atoms with Crippen molar-refractivity contribution in [1.29, 1.82) is 0 Å². The standard InChI is InChI=1S/C19H22ClN3O5S2/c1-12(18(24)22-6-8-28-9-7-22)23-5-4-15(19(23)25)21-30(26,27)17-10-13-2-3-14(20)11-16(13)29-17/h2-3,10-12,15,21H,4-9H2,1H3/t12?,15-/m0/s1. The zero-order valence-electron chi connectivity index (χ0n) is 16.3. The number of carbonyl (C=O) groups is 2. The Balaban J connectivity index is 1.45. The van der Waals surface area contributed by atoms with E-state index in [2.05, 4.69) is 4.72 Å². The molecule has 2 amide bonds. The Morgan fingerprint density at radius 1 is 1.27 bits per heavy atom. The second-order valence-electron chi connectivity index (χ2n) is 7.36. The van der Waals surface area contributed by atoms with Gasteiger partial charge in [0.15, 0.2) is 0 Å². The highest BCUT2D eigenvalue weighted by atomic mass is 35.5. The van der Waals surface area contributed by atoms with Gasteiger partial charge in [-0.15, -0.1) is 11.3 Å². The molecule has 0 aliphatic carbocycles. The average molecular weight is 472 g/mol. The molecule has 1 N–H and O–H groups in total. The predicted molar refractivity (Wildman–Crippen MR) is 114 cm³/mol. The molecule has 0 spiro atoms. The summed E-state index contributed by atoms with van der Waals surface area (Å²) in [6.45, 7) is 3.96. The summed E-state index contributed by atoms with van der Waals surface area (Å²) in [5.41, 5.74) is 0. The van der Waals surface area contributed by atoms with E-state index < -0.39 is 22.1 Å². The van der Waals surface area contributed by atoms with Crippen LogP contribution in [0.15, 0.2) is 28.5 Å². The van der Waals surface area contributed by atoms with E-state index in [1.54, 1.807) is 36.1 Å². The van der Waals surface area contributed by atoms with E-state index in [4.69, 9.17) is 16.3 Å². The molecule has 4 rings (SSSR count). The first-order valence-corrected chi connectivity index (χ1v) is 12.3. The van der Waals surface area contributed by atoms with Gasteiger partial charge in [0.05, 0.1) is 13.2 Å². The highest BCUT2D eigenvalue weighted by Crippen LogP contribution is 2.31. The van der Waals surface area contributed by atoms with Gasteiger partial charge in [-0.3, -0.25) is 9.59 Å². The molecule has 0 bridgehead atoms. The van der Waals surface area contributed by atoms with E-state index in [-0.39, 0.29) is 16.0 Å². The highest BCUT2D eigenvalue weighted by Gasteiger charge is 2.40. The lowest BCUT2D eigenvalue weighted by atomic mass is 10.2. The summed E-state index contributed by atoms with van der Waals surface area (Å²) in [4.78, 5) is 28.7. The van der Waals surface area contributed by atoms with Crippen molar-refractivity contribution < 1.29 is 22.7 Å². The monoisotopic (exact) mass is 471 g/mol. The van der Waals surface area contributed by atoms with Gasteiger partial charge in [-0.1, -0.05) is 17.7 Å². The molecule has 2 saturated heterocycles. The molecule has 1 unspecified atom stereocenters. The molecule has 2 aliphatic rings. The number of hydrogen-bond acceptors (Lipinski definition) is 6. The van der Waals surface area contributed by atoms with Crippen molar-refractivity contribution in [3.05, 3.63) is 29.3 Å². The Labute approximate surface area is 183 Å². The molecule has 8 nitrogen and oxygen atoms in total. The van der Waals surface area contributed by atoms with Crippen LogP contribution in [0.3, 0.4) is 0 Å². The van der Waals surface area contributed by atoms with E-state index in [9.17, 15) is 18.0 Å². The smallest absolute Gasteiger partial charge is 0.250 e. The summed E-state index contributed by atoms with van der Waals surface area (Å²) >= 11 is 7.08. The second kappa shape index (κ2) is 8.43. The second-order valence-corrected chi connectivity index (χ2v) is 10.8. The minimum atomic E-state index is -3.88. The van der Waals surface area contributed by atoms with Crippen LogP contribution in [0.2, 0.25) is 5.02 Å². The number of ether oxygens (including phenoxy) is 1. The van der Waals surface area contributed by atoms with Gasteiger partial charge in [0, 0.05) is 29.4 Å². The zero-order valence-corrected chi connectivity index (χ0v) is 18.7. The van der Waals surface area contributed by atoms with Crippen LogP contribution in [-0.4, -0.2) is 75.0 Å². The minimum absolute atomic E-state index is 0.128. The molecule has 11 heteroatoms. The summed E-state index contributed by atoms with van der Waals surface area (Å²) in [6.07, 6.45) is 0.315. The van der Waals surface area contributed by atoms with Crippen molar-refractivity contribution >= 4 is 54.9 Å². The van der Waals surface area contributed by atoms with Crippen LogP contribution in [0.25, 0.3) is 10.1 Å². The SMILES string of the molecule is CC(C(=O)N1CCOCC1)N1CC[C@H](NS(=O)(=O)c2cc3ccc(Cl)cc3s2)C1=O. The zero-order chi connectivity index (χ0) is 21.5. The van der Waals surface area contributed by atoms with Crippen LogP contribution in [0.4, 0.5) is 0 Å². The first-order chi connectivity index (χ1) is 14.3. The molecule has 1 aromatic heterocycles. The number of amides is 2. The van der Waals surface area contributed by atoms with E-state index in [0.29, 0.717) is 44.3 Å². The van der Waals surface area contributed by atoms with Crippen molar-refractivity contribution in [1.82, 2.24) is 14.5 Å². The lowest BCUT2D eigenvalue weighted by Crippen LogP contribution is -2.52. The first-order valence-electron chi connectivity index (χ1n) is 9.65. The van der Waals surface area contributed by atoms with Crippen LogP contribution < -0.4 is 4.72 Å². The topological polar surface area (TPSA) is 96.0 Å². The Bertz CT molecular complexity index is 1080. The molecule has 3 heterocycles. The average Bonchev–Trinajstić information content (AvgIpc) is 3.31. The number of thiophene rings is 1. The number of likely N-dealkylation sites (tertiary alicyclic amines) is 1. The summed E-state index contributed by atoms with van der Waals surface area (Å²) < 4.78 is 34.4. The van der Waals surface area contributed by atoms with Crippen LogP contribution >= 0.6 is 22.9 Å². The summed E-state index contributed by atoms with van der Waals surface area (Å²) in [5, 5.41) is 1.30. The minimum Gasteiger partial charge on any atom is -0.378 e. The van der Waals surface area contributed by atoms with Crippen molar-refractivity contribution in [2.45, 2.75) is 29.6 Å². The Morgan fingerprint density at radius 2 is 2.00 bits per heavy atom. The number of hydrogen-bond donors (Lipinski definition) is 1. The molecule has 2 atom stereocenters. The maximum atomic E-state index is 12.9. The number of nitrogens with one attached hydrogen (secondary N) is 1. The van der Waals surface area contributed by atoms with Gasteiger partial charge in [0.1, 0.15) is 16.3 Å².